The molecule has 0 N–H and O–H groups in total. The molecule has 3 rings (SSSR count). The molecular weight excluding hydrogens is 224 g/mol. The molecule has 2 aliphatic carbocycles. The van der Waals surface area contributed by atoms with Crippen LogP contribution < -0.4 is 0 Å². The second-order valence-corrected chi connectivity index (χ2v) is 4.76. The highest BCUT2D eigenvalue weighted by atomic mass is 16.5. The van der Waals surface area contributed by atoms with Gasteiger partial charge in [-0.2, -0.15) is 0 Å². The minimum atomic E-state index is -0.445. The molecule has 2 heteroatoms. The van der Waals surface area contributed by atoms with Crippen molar-refractivity contribution in [1.29, 1.82) is 0 Å². The van der Waals surface area contributed by atoms with Crippen LogP contribution in [0.25, 0.3) is 5.57 Å². The zero-order valence-electron chi connectivity index (χ0n) is 10.4. The summed E-state index contributed by atoms with van der Waals surface area (Å²) in [5, 5.41) is 0. The summed E-state index contributed by atoms with van der Waals surface area (Å²) in [6.07, 6.45) is 7.78. The number of rotatable bonds is 1. The number of carbonyl (C=O) groups is 1. The molecule has 0 spiro atoms. The molecule has 1 unspecified atom stereocenters. The first kappa shape index (κ1) is 11.2. The number of ketones is 1. The van der Waals surface area contributed by atoms with Crippen LogP contribution in [0.3, 0.4) is 0 Å². The van der Waals surface area contributed by atoms with Crippen molar-refractivity contribution in [2.75, 3.05) is 7.11 Å². The van der Waals surface area contributed by atoms with Crippen molar-refractivity contribution in [3.8, 4) is 0 Å². The van der Waals surface area contributed by atoms with Gasteiger partial charge in [0.25, 0.3) is 0 Å². The monoisotopic (exact) mass is 238 g/mol. The molecule has 18 heavy (non-hydrogen) atoms. The average Bonchev–Trinajstić information content (AvgIpc) is 2.56. The van der Waals surface area contributed by atoms with Crippen LogP contribution in [0.2, 0.25) is 0 Å². The fraction of sp³-hybridized carbons (Fsp3) is 0.188. The number of fused-ring (bicyclic) bond motifs is 2. The predicted octanol–water partition coefficient (Wildman–Crippen LogP) is 3.17. The standard InChI is InChI=1S/C16H14O2/c1-16(18-2)9-7-12-11-5-3-4-6-13(11)15(17)14(12)8-10-16/h3-10H,1-2H3. The second kappa shape index (κ2) is 3.79. The molecule has 0 saturated carbocycles. The molecule has 0 amide bonds. The number of ether oxygens (including phenoxy) is 1. The van der Waals surface area contributed by atoms with Crippen LogP contribution in [0, 0.1) is 0 Å². The highest BCUT2D eigenvalue weighted by Gasteiger charge is 2.29. The SMILES string of the molecule is COC1(C)C=CC2=C(C=C1)c1ccccc1C2=O. The Hall–Kier alpha value is -1.93. The van der Waals surface area contributed by atoms with Crippen LogP contribution in [-0.4, -0.2) is 18.5 Å². The third kappa shape index (κ3) is 1.50. The Balaban J connectivity index is 2.16. The van der Waals surface area contributed by atoms with E-state index in [1.807, 2.05) is 55.5 Å². The van der Waals surface area contributed by atoms with Gasteiger partial charge in [-0.1, -0.05) is 36.4 Å². The number of hydrogen-bond acceptors (Lipinski definition) is 2. The van der Waals surface area contributed by atoms with E-state index in [0.717, 1.165) is 22.3 Å². The predicted molar refractivity (Wildman–Crippen MR) is 71.4 cm³/mol. The maximum atomic E-state index is 12.3. The third-order valence-electron chi connectivity index (χ3n) is 3.60. The van der Waals surface area contributed by atoms with Gasteiger partial charge < -0.3 is 4.74 Å². The number of hydrogen-bond donors (Lipinski definition) is 0. The van der Waals surface area contributed by atoms with Gasteiger partial charge in [-0.15, -0.1) is 0 Å². The van der Waals surface area contributed by atoms with E-state index in [4.69, 9.17) is 4.74 Å². The van der Waals surface area contributed by atoms with Crippen LogP contribution in [0.5, 0.6) is 0 Å². The Kier molecular flexibility index (Phi) is 2.35. The van der Waals surface area contributed by atoms with E-state index in [-0.39, 0.29) is 5.78 Å². The van der Waals surface area contributed by atoms with Gasteiger partial charge in [0.1, 0.15) is 5.60 Å². The quantitative estimate of drug-likeness (QED) is 0.751. The Morgan fingerprint density at radius 3 is 2.28 bits per heavy atom. The average molecular weight is 238 g/mol. The van der Waals surface area contributed by atoms with Gasteiger partial charge in [0.05, 0.1) is 0 Å². The molecule has 2 aliphatic rings. The van der Waals surface area contributed by atoms with Gasteiger partial charge in [0.15, 0.2) is 5.78 Å². The molecule has 2 nitrogen and oxygen atoms in total. The molecule has 0 heterocycles. The number of Topliss-reactive ketones (excluding diaryl/α,β-unsaturated/α-hetero) is 1. The Labute approximate surface area is 106 Å². The van der Waals surface area contributed by atoms with E-state index < -0.39 is 5.60 Å². The van der Waals surface area contributed by atoms with Crippen LogP contribution >= 0.6 is 0 Å². The molecule has 90 valence electrons. The van der Waals surface area contributed by atoms with Gasteiger partial charge in [-0.25, -0.2) is 0 Å². The third-order valence-corrected chi connectivity index (χ3v) is 3.60. The zero-order chi connectivity index (χ0) is 12.8. The van der Waals surface area contributed by atoms with Gasteiger partial charge >= 0.3 is 0 Å². The first-order chi connectivity index (χ1) is 8.64. The van der Waals surface area contributed by atoms with Gasteiger partial charge in [-0.05, 0) is 30.2 Å². The summed E-state index contributed by atoms with van der Waals surface area (Å²) in [6.45, 7) is 1.97. The van der Waals surface area contributed by atoms with E-state index in [1.54, 1.807) is 7.11 Å². The smallest absolute Gasteiger partial charge is 0.194 e. The molecule has 0 saturated heterocycles. The lowest BCUT2D eigenvalue weighted by atomic mass is 10.0. The molecular formula is C16H14O2. The summed E-state index contributed by atoms with van der Waals surface area (Å²) in [5.74, 6) is 0.0989. The van der Waals surface area contributed by atoms with Crippen molar-refractivity contribution in [3.63, 3.8) is 0 Å². The Bertz CT molecular complexity index is 620. The summed E-state index contributed by atoms with van der Waals surface area (Å²) in [6, 6.07) is 7.72. The molecule has 1 atom stereocenters. The largest absolute Gasteiger partial charge is 0.370 e. The van der Waals surface area contributed by atoms with Crippen molar-refractivity contribution < 1.29 is 9.53 Å². The van der Waals surface area contributed by atoms with Gasteiger partial charge in [0, 0.05) is 18.2 Å². The molecule has 1 aromatic carbocycles. The Morgan fingerprint density at radius 2 is 1.61 bits per heavy atom. The minimum Gasteiger partial charge on any atom is -0.370 e. The van der Waals surface area contributed by atoms with E-state index in [9.17, 15) is 4.79 Å². The van der Waals surface area contributed by atoms with Crippen molar-refractivity contribution in [2.45, 2.75) is 12.5 Å². The van der Waals surface area contributed by atoms with E-state index in [1.165, 1.54) is 0 Å². The first-order valence-corrected chi connectivity index (χ1v) is 5.97. The topological polar surface area (TPSA) is 26.3 Å². The number of benzene rings is 1. The van der Waals surface area contributed by atoms with Gasteiger partial charge in [-0.3, -0.25) is 4.79 Å². The fourth-order valence-corrected chi connectivity index (χ4v) is 2.36. The summed E-state index contributed by atoms with van der Waals surface area (Å²) in [5.41, 5.74) is 3.11. The maximum absolute atomic E-state index is 12.3. The second-order valence-electron chi connectivity index (χ2n) is 4.76. The number of allylic oxidation sites excluding steroid dienone is 4. The van der Waals surface area contributed by atoms with E-state index >= 15 is 0 Å². The number of methoxy groups -OCH3 is 1. The summed E-state index contributed by atoms with van der Waals surface area (Å²) in [7, 11) is 1.67. The van der Waals surface area contributed by atoms with E-state index in [0.29, 0.717) is 0 Å². The lowest BCUT2D eigenvalue weighted by Gasteiger charge is -2.19. The van der Waals surface area contributed by atoms with Crippen molar-refractivity contribution >= 4 is 11.4 Å². The van der Waals surface area contributed by atoms with Crippen molar-refractivity contribution in [2.24, 2.45) is 0 Å². The maximum Gasteiger partial charge on any atom is 0.194 e. The van der Waals surface area contributed by atoms with Crippen LogP contribution in [0.15, 0.2) is 54.1 Å². The fourth-order valence-electron chi connectivity index (χ4n) is 2.36. The lowest BCUT2D eigenvalue weighted by Crippen LogP contribution is -2.20. The minimum absolute atomic E-state index is 0.0989. The normalized spacial score (nSPS) is 25.1. The highest BCUT2D eigenvalue weighted by Crippen LogP contribution is 2.37. The molecule has 1 aromatic rings. The van der Waals surface area contributed by atoms with Crippen molar-refractivity contribution in [3.05, 3.63) is 65.3 Å². The van der Waals surface area contributed by atoms with Crippen LogP contribution in [0.1, 0.15) is 22.8 Å². The first-order valence-electron chi connectivity index (χ1n) is 5.97. The molecule has 0 fully saturated rings. The lowest BCUT2D eigenvalue weighted by molar-refractivity contribution is 0.0908. The van der Waals surface area contributed by atoms with Gasteiger partial charge in [0.2, 0.25) is 0 Å². The zero-order valence-corrected chi connectivity index (χ0v) is 10.4. The Morgan fingerprint density at radius 1 is 1.00 bits per heavy atom. The molecule has 0 aromatic heterocycles. The molecule has 0 aliphatic heterocycles. The summed E-state index contributed by atoms with van der Waals surface area (Å²) in [4.78, 5) is 12.3. The summed E-state index contributed by atoms with van der Waals surface area (Å²) >= 11 is 0. The van der Waals surface area contributed by atoms with E-state index in [2.05, 4.69) is 0 Å². The van der Waals surface area contributed by atoms with Crippen LogP contribution in [0.4, 0.5) is 0 Å². The highest BCUT2D eigenvalue weighted by molar-refractivity contribution is 6.23. The summed E-state index contributed by atoms with van der Waals surface area (Å²) < 4.78 is 5.44. The number of carbonyl (C=O) groups excluding carboxylic acids is 1. The molecule has 0 radical (unpaired) electrons. The van der Waals surface area contributed by atoms with Crippen LogP contribution in [-0.2, 0) is 4.74 Å². The van der Waals surface area contributed by atoms with Crippen molar-refractivity contribution in [1.82, 2.24) is 0 Å². The molecule has 0 bridgehead atoms.